The predicted octanol–water partition coefficient (Wildman–Crippen LogP) is 2.58. The molecule has 1 aliphatic carbocycles. The Morgan fingerprint density at radius 1 is 1.24 bits per heavy atom. The highest BCUT2D eigenvalue weighted by molar-refractivity contribution is 5.44. The van der Waals surface area contributed by atoms with E-state index in [2.05, 4.69) is 13.8 Å². The summed E-state index contributed by atoms with van der Waals surface area (Å²) in [6.07, 6.45) is 0.555. The summed E-state index contributed by atoms with van der Waals surface area (Å²) < 4.78 is 10.6. The normalized spacial score (nSPS) is 26.2. The number of benzene rings is 1. The highest BCUT2D eigenvalue weighted by Gasteiger charge is 2.48. The van der Waals surface area contributed by atoms with Crippen LogP contribution in [0.3, 0.4) is 0 Å². The number of ether oxygens (including phenoxy) is 2. The van der Waals surface area contributed by atoms with E-state index in [-0.39, 0.29) is 11.5 Å². The van der Waals surface area contributed by atoms with Crippen molar-refractivity contribution >= 4 is 0 Å². The fraction of sp³-hybridized carbons (Fsp3) is 0.571. The number of methoxy groups -OCH3 is 2. The molecule has 0 radical (unpaired) electrons. The molecule has 0 saturated heterocycles. The third-order valence-electron chi connectivity index (χ3n) is 4.03. The maximum absolute atomic E-state index is 9.83. The fourth-order valence-corrected chi connectivity index (χ4v) is 2.54. The van der Waals surface area contributed by atoms with E-state index < -0.39 is 0 Å². The van der Waals surface area contributed by atoms with Gasteiger partial charge in [0.05, 0.1) is 20.3 Å². The largest absolute Gasteiger partial charge is 0.497 e. The summed E-state index contributed by atoms with van der Waals surface area (Å²) in [4.78, 5) is 0. The van der Waals surface area contributed by atoms with Crippen LogP contribution in [0.2, 0.25) is 0 Å². The molecule has 94 valence electrons. The van der Waals surface area contributed by atoms with Crippen molar-refractivity contribution in [2.24, 2.45) is 5.41 Å². The minimum absolute atomic E-state index is 0.0976. The average Bonchev–Trinajstić information content (AvgIpc) is 2.35. The van der Waals surface area contributed by atoms with Crippen molar-refractivity contribution in [2.45, 2.75) is 32.3 Å². The van der Waals surface area contributed by atoms with Crippen molar-refractivity contribution in [3.63, 3.8) is 0 Å². The summed E-state index contributed by atoms with van der Waals surface area (Å²) in [6.45, 7) is 4.18. The molecule has 3 nitrogen and oxygen atoms in total. The lowest BCUT2D eigenvalue weighted by Crippen LogP contribution is -2.47. The van der Waals surface area contributed by atoms with E-state index in [0.717, 1.165) is 23.5 Å². The van der Waals surface area contributed by atoms with Crippen molar-refractivity contribution in [2.75, 3.05) is 14.2 Å². The van der Waals surface area contributed by atoms with Crippen LogP contribution in [0.4, 0.5) is 0 Å². The van der Waals surface area contributed by atoms with Crippen LogP contribution in [0.25, 0.3) is 0 Å². The molecule has 2 atom stereocenters. The Morgan fingerprint density at radius 2 is 1.94 bits per heavy atom. The van der Waals surface area contributed by atoms with E-state index in [0.29, 0.717) is 5.92 Å². The monoisotopic (exact) mass is 236 g/mol. The van der Waals surface area contributed by atoms with E-state index in [4.69, 9.17) is 9.47 Å². The minimum Gasteiger partial charge on any atom is -0.497 e. The van der Waals surface area contributed by atoms with Gasteiger partial charge in [-0.3, -0.25) is 0 Å². The first kappa shape index (κ1) is 12.2. The molecule has 17 heavy (non-hydrogen) atoms. The van der Waals surface area contributed by atoms with Crippen molar-refractivity contribution < 1.29 is 14.6 Å². The first-order valence-corrected chi connectivity index (χ1v) is 5.90. The van der Waals surface area contributed by atoms with Crippen LogP contribution in [0.5, 0.6) is 11.5 Å². The molecule has 0 aromatic heterocycles. The van der Waals surface area contributed by atoms with Crippen LogP contribution in [0.15, 0.2) is 18.2 Å². The van der Waals surface area contributed by atoms with Crippen LogP contribution in [-0.4, -0.2) is 25.4 Å². The predicted molar refractivity (Wildman–Crippen MR) is 66.7 cm³/mol. The van der Waals surface area contributed by atoms with Gasteiger partial charge in [-0.05, 0) is 36.0 Å². The zero-order chi connectivity index (χ0) is 12.6. The lowest BCUT2D eigenvalue weighted by Gasteiger charge is -2.49. The average molecular weight is 236 g/mol. The second kappa shape index (κ2) is 4.22. The van der Waals surface area contributed by atoms with Gasteiger partial charge in [-0.25, -0.2) is 0 Å². The van der Waals surface area contributed by atoms with Crippen molar-refractivity contribution in [1.29, 1.82) is 0 Å². The third kappa shape index (κ3) is 1.89. The van der Waals surface area contributed by atoms with Crippen LogP contribution in [0, 0.1) is 5.41 Å². The molecule has 0 spiro atoms. The highest BCUT2D eigenvalue weighted by atomic mass is 16.5. The Kier molecular flexibility index (Phi) is 3.04. The van der Waals surface area contributed by atoms with Gasteiger partial charge in [0, 0.05) is 5.56 Å². The van der Waals surface area contributed by atoms with E-state index in [9.17, 15) is 5.11 Å². The molecule has 0 aliphatic heterocycles. The van der Waals surface area contributed by atoms with Gasteiger partial charge < -0.3 is 14.6 Å². The van der Waals surface area contributed by atoms with Gasteiger partial charge >= 0.3 is 0 Å². The summed E-state index contributed by atoms with van der Waals surface area (Å²) in [5.41, 5.74) is 1.03. The Hall–Kier alpha value is -1.22. The first-order chi connectivity index (χ1) is 8.00. The molecule has 2 unspecified atom stereocenters. The zero-order valence-corrected chi connectivity index (χ0v) is 10.9. The Bertz CT molecular complexity index is 412. The SMILES string of the molecule is COc1ccc(OC)c(C2CC(O)C2(C)C)c1. The van der Waals surface area contributed by atoms with Crippen LogP contribution < -0.4 is 9.47 Å². The molecular weight excluding hydrogens is 216 g/mol. The molecule has 1 saturated carbocycles. The van der Waals surface area contributed by atoms with Crippen LogP contribution in [0.1, 0.15) is 31.7 Å². The maximum Gasteiger partial charge on any atom is 0.122 e. The third-order valence-corrected chi connectivity index (χ3v) is 4.03. The number of aliphatic hydroxyl groups is 1. The van der Waals surface area contributed by atoms with Crippen LogP contribution in [-0.2, 0) is 0 Å². The molecule has 1 aromatic rings. The quantitative estimate of drug-likeness (QED) is 0.876. The van der Waals surface area contributed by atoms with Crippen molar-refractivity contribution in [3.05, 3.63) is 23.8 Å². The van der Waals surface area contributed by atoms with Gasteiger partial charge in [0.1, 0.15) is 11.5 Å². The highest BCUT2D eigenvalue weighted by Crippen LogP contribution is 2.54. The van der Waals surface area contributed by atoms with E-state index in [1.165, 1.54) is 0 Å². The maximum atomic E-state index is 9.83. The van der Waals surface area contributed by atoms with Crippen molar-refractivity contribution in [3.8, 4) is 11.5 Å². The number of aliphatic hydroxyl groups excluding tert-OH is 1. The molecular formula is C14H20O3. The summed E-state index contributed by atoms with van der Waals surface area (Å²) >= 11 is 0. The molecule has 3 heteroatoms. The Morgan fingerprint density at radius 3 is 2.41 bits per heavy atom. The van der Waals surface area contributed by atoms with Gasteiger partial charge in [0.2, 0.25) is 0 Å². The van der Waals surface area contributed by atoms with Gasteiger partial charge in [0.15, 0.2) is 0 Å². The number of rotatable bonds is 3. The second-order valence-electron chi connectivity index (χ2n) is 5.23. The zero-order valence-electron chi connectivity index (χ0n) is 10.9. The Labute approximate surface area is 102 Å². The Balaban J connectivity index is 2.37. The molecule has 1 fully saturated rings. The molecule has 0 amide bonds. The molecule has 0 bridgehead atoms. The molecule has 0 heterocycles. The van der Waals surface area contributed by atoms with Gasteiger partial charge in [0.25, 0.3) is 0 Å². The lowest BCUT2D eigenvalue weighted by molar-refractivity contribution is -0.0631. The molecule has 1 aromatic carbocycles. The second-order valence-corrected chi connectivity index (χ2v) is 5.23. The first-order valence-electron chi connectivity index (χ1n) is 5.90. The van der Waals surface area contributed by atoms with Gasteiger partial charge in [-0.15, -0.1) is 0 Å². The molecule has 1 N–H and O–H groups in total. The number of hydrogen-bond donors (Lipinski definition) is 1. The molecule has 2 rings (SSSR count). The van der Waals surface area contributed by atoms with Crippen LogP contribution >= 0.6 is 0 Å². The molecule has 1 aliphatic rings. The smallest absolute Gasteiger partial charge is 0.122 e. The van der Waals surface area contributed by atoms with Crippen molar-refractivity contribution in [1.82, 2.24) is 0 Å². The van der Waals surface area contributed by atoms with E-state index in [1.54, 1.807) is 14.2 Å². The fourth-order valence-electron chi connectivity index (χ4n) is 2.54. The topological polar surface area (TPSA) is 38.7 Å². The summed E-state index contributed by atoms with van der Waals surface area (Å²) in [7, 11) is 3.33. The number of hydrogen-bond acceptors (Lipinski definition) is 3. The summed E-state index contributed by atoms with van der Waals surface area (Å²) in [6, 6.07) is 5.83. The summed E-state index contributed by atoms with van der Waals surface area (Å²) in [5, 5.41) is 9.83. The van der Waals surface area contributed by atoms with E-state index in [1.807, 2.05) is 18.2 Å². The van der Waals surface area contributed by atoms with E-state index >= 15 is 0 Å². The summed E-state index contributed by atoms with van der Waals surface area (Å²) in [5.74, 6) is 2.02. The lowest BCUT2D eigenvalue weighted by atomic mass is 9.57. The minimum atomic E-state index is -0.233. The van der Waals surface area contributed by atoms with Gasteiger partial charge in [-0.2, -0.15) is 0 Å². The van der Waals surface area contributed by atoms with Gasteiger partial charge in [-0.1, -0.05) is 13.8 Å². The standard InChI is InChI=1S/C14H20O3/c1-14(2)11(8-13(14)15)10-7-9(16-3)5-6-12(10)17-4/h5-7,11,13,15H,8H2,1-4H3.